The second-order valence-electron chi connectivity index (χ2n) is 8.76. The van der Waals surface area contributed by atoms with Gasteiger partial charge >= 0.3 is 12.1 Å². The molecule has 2 aliphatic rings. The van der Waals surface area contributed by atoms with Gasteiger partial charge in [-0.1, -0.05) is 13.8 Å². The number of oxazole rings is 1. The molecule has 9 heteroatoms. The third-order valence-electron chi connectivity index (χ3n) is 7.02. The molecule has 2 bridgehead atoms. The fourth-order valence-corrected chi connectivity index (χ4v) is 5.08. The number of hydrogen-bond acceptors (Lipinski definition) is 5. The second kappa shape index (κ2) is 6.51. The molecule has 0 saturated carbocycles. The molecule has 0 N–H and O–H groups in total. The average molecular weight is 430 g/mol. The predicted octanol–water partition coefficient (Wildman–Crippen LogP) is 4.21. The van der Waals surface area contributed by atoms with Crippen molar-refractivity contribution < 1.29 is 22.4 Å². The van der Waals surface area contributed by atoms with Gasteiger partial charge in [-0.05, 0) is 54.4 Å². The van der Waals surface area contributed by atoms with E-state index in [0.29, 0.717) is 35.5 Å². The summed E-state index contributed by atoms with van der Waals surface area (Å²) in [7, 11) is 0. The predicted molar refractivity (Wildman–Crippen MR) is 106 cm³/mol. The minimum atomic E-state index is -4.87. The third-order valence-corrected chi connectivity index (χ3v) is 7.02. The van der Waals surface area contributed by atoms with Gasteiger partial charge in [-0.2, -0.15) is 13.2 Å². The number of fused-ring (bicyclic) bond motifs is 5. The number of likely N-dealkylation sites (tertiary alicyclic amines) is 1. The van der Waals surface area contributed by atoms with Gasteiger partial charge in [0.2, 0.25) is 5.89 Å². The van der Waals surface area contributed by atoms with Crippen molar-refractivity contribution in [1.82, 2.24) is 19.9 Å². The van der Waals surface area contributed by atoms with Crippen LogP contribution in [0.25, 0.3) is 22.7 Å². The maximum Gasteiger partial charge on any atom is 0.471 e. The van der Waals surface area contributed by atoms with Crippen molar-refractivity contribution in [2.24, 2.45) is 5.92 Å². The summed E-state index contributed by atoms with van der Waals surface area (Å²) in [4.78, 5) is 26.1. The van der Waals surface area contributed by atoms with Crippen molar-refractivity contribution in [2.45, 2.75) is 51.2 Å². The van der Waals surface area contributed by atoms with E-state index in [9.17, 15) is 18.0 Å². The summed E-state index contributed by atoms with van der Waals surface area (Å²) in [6.45, 7) is 5.92. The number of carbonyl (C=O) groups excluding carboxylic acids is 1. The molecule has 1 aliphatic heterocycles. The largest absolute Gasteiger partial charge is 0.471 e. The molecule has 1 aromatic carbocycles. The molecule has 1 fully saturated rings. The van der Waals surface area contributed by atoms with E-state index in [1.165, 1.54) is 0 Å². The lowest BCUT2D eigenvalue weighted by molar-refractivity contribution is -0.192. The van der Waals surface area contributed by atoms with Crippen LogP contribution >= 0.6 is 0 Å². The molecular weight excluding hydrogens is 409 g/mol. The normalized spacial score (nSPS) is 25.5. The zero-order valence-electron chi connectivity index (χ0n) is 17.3. The fraction of sp³-hybridized carbons (Fsp3) is 0.455. The molecule has 1 saturated heterocycles. The Kier molecular flexibility index (Phi) is 4.19. The molecule has 1 amide bonds. The molecule has 3 aromatic rings. The number of hydrogen-bond donors (Lipinski definition) is 0. The van der Waals surface area contributed by atoms with E-state index < -0.39 is 18.1 Å². The smallest absolute Gasteiger partial charge is 0.435 e. The van der Waals surface area contributed by atoms with Crippen LogP contribution in [-0.4, -0.2) is 44.5 Å². The second-order valence-corrected chi connectivity index (χ2v) is 8.76. The van der Waals surface area contributed by atoms with Crippen LogP contribution in [0.3, 0.4) is 0 Å². The van der Waals surface area contributed by atoms with Crippen LogP contribution in [0.15, 0.2) is 28.9 Å². The maximum absolute atomic E-state index is 13.1. The van der Waals surface area contributed by atoms with Crippen LogP contribution in [0.1, 0.15) is 37.1 Å². The van der Waals surface area contributed by atoms with E-state index in [-0.39, 0.29) is 17.9 Å². The molecule has 5 rings (SSSR count). The van der Waals surface area contributed by atoms with E-state index >= 15 is 0 Å². The summed E-state index contributed by atoms with van der Waals surface area (Å²) in [6.07, 6.45) is -0.829. The number of amides is 1. The highest BCUT2D eigenvalue weighted by molar-refractivity contribution is 5.83. The molecular formula is C22H21F3N4O2. The van der Waals surface area contributed by atoms with Crippen molar-refractivity contribution in [2.75, 3.05) is 6.54 Å². The number of aromatic nitrogens is 3. The zero-order valence-corrected chi connectivity index (χ0v) is 17.3. The SMILES string of the molecule is Cc1cnc(-c2nc3cc4c(cc3o2)[C@]2(C)CCN(C(=O)C(F)(F)F)[C@H](C4)C2C)cn1. The van der Waals surface area contributed by atoms with E-state index in [0.717, 1.165) is 21.7 Å². The number of rotatable bonds is 1. The summed E-state index contributed by atoms with van der Waals surface area (Å²) in [6, 6.07) is 3.32. The first-order valence-electron chi connectivity index (χ1n) is 10.2. The van der Waals surface area contributed by atoms with Crippen molar-refractivity contribution in [3.05, 3.63) is 41.3 Å². The molecule has 1 aliphatic carbocycles. The summed E-state index contributed by atoms with van der Waals surface area (Å²) in [5, 5.41) is 0. The van der Waals surface area contributed by atoms with Gasteiger partial charge in [0.1, 0.15) is 11.2 Å². The van der Waals surface area contributed by atoms with Gasteiger partial charge < -0.3 is 9.32 Å². The Bertz CT molecular complexity index is 1190. The van der Waals surface area contributed by atoms with Crippen molar-refractivity contribution in [3.63, 3.8) is 0 Å². The third kappa shape index (κ3) is 3.01. The van der Waals surface area contributed by atoms with E-state index in [4.69, 9.17) is 4.42 Å². The molecule has 2 aromatic heterocycles. The number of halogens is 3. The van der Waals surface area contributed by atoms with Crippen LogP contribution in [-0.2, 0) is 16.6 Å². The lowest BCUT2D eigenvalue weighted by Gasteiger charge is -2.54. The fourth-order valence-electron chi connectivity index (χ4n) is 5.08. The lowest BCUT2D eigenvalue weighted by Crippen LogP contribution is -2.61. The molecule has 0 radical (unpaired) electrons. The van der Waals surface area contributed by atoms with Crippen molar-refractivity contribution >= 4 is 17.0 Å². The van der Waals surface area contributed by atoms with Crippen LogP contribution in [0.5, 0.6) is 0 Å². The molecule has 6 nitrogen and oxygen atoms in total. The number of benzene rings is 1. The zero-order chi connectivity index (χ0) is 22.1. The van der Waals surface area contributed by atoms with Gasteiger partial charge in [-0.25, -0.2) is 9.97 Å². The lowest BCUT2D eigenvalue weighted by atomic mass is 9.59. The highest BCUT2D eigenvalue weighted by atomic mass is 19.4. The van der Waals surface area contributed by atoms with Crippen LogP contribution < -0.4 is 0 Å². The summed E-state index contributed by atoms with van der Waals surface area (Å²) >= 11 is 0. The quantitative estimate of drug-likeness (QED) is 0.579. The van der Waals surface area contributed by atoms with Gasteiger partial charge in [-0.15, -0.1) is 0 Å². The minimum Gasteiger partial charge on any atom is -0.435 e. The molecule has 31 heavy (non-hydrogen) atoms. The molecule has 162 valence electrons. The topological polar surface area (TPSA) is 72.1 Å². The minimum absolute atomic E-state index is 0.0853. The average Bonchev–Trinajstić information content (AvgIpc) is 3.12. The van der Waals surface area contributed by atoms with Crippen molar-refractivity contribution in [1.29, 1.82) is 0 Å². The van der Waals surface area contributed by atoms with Crippen molar-refractivity contribution in [3.8, 4) is 11.6 Å². The molecule has 3 atom stereocenters. The van der Waals surface area contributed by atoms with Gasteiger partial charge in [0, 0.05) is 18.8 Å². The van der Waals surface area contributed by atoms with Crippen LogP contribution in [0.2, 0.25) is 0 Å². The van der Waals surface area contributed by atoms with Gasteiger partial charge in [0.15, 0.2) is 5.58 Å². The Balaban J connectivity index is 1.58. The Morgan fingerprint density at radius 1 is 1.26 bits per heavy atom. The standard InChI is InChI=1S/C22H21F3N4O2/c1-11-9-27-16(10-26-11)19-28-15-6-13-7-17-12(2)21(3,14(13)8-18(15)31-19)4-5-29(17)20(30)22(23,24)25/h6,8-10,12,17H,4-5,7H2,1-3H3/t12?,17-,21-/m1/s1. The summed E-state index contributed by atoms with van der Waals surface area (Å²) < 4.78 is 45.4. The Morgan fingerprint density at radius 3 is 2.71 bits per heavy atom. The van der Waals surface area contributed by atoms with Gasteiger partial charge in [-0.3, -0.25) is 9.78 Å². The number of piperidine rings is 1. The van der Waals surface area contributed by atoms with Gasteiger partial charge in [0.25, 0.3) is 0 Å². The number of nitrogens with zero attached hydrogens (tertiary/aromatic N) is 4. The molecule has 0 spiro atoms. The molecule has 1 unspecified atom stereocenters. The highest BCUT2D eigenvalue weighted by Crippen LogP contribution is 2.50. The first-order chi connectivity index (χ1) is 14.6. The Labute approximate surface area is 176 Å². The number of carbonyl (C=O) groups is 1. The maximum atomic E-state index is 13.1. The van der Waals surface area contributed by atoms with Crippen LogP contribution in [0.4, 0.5) is 13.2 Å². The Hall–Kier alpha value is -2.97. The summed E-state index contributed by atoms with van der Waals surface area (Å²) in [5.41, 5.74) is 4.12. The number of aryl methyl sites for hydroxylation is 1. The monoisotopic (exact) mass is 430 g/mol. The first kappa shape index (κ1) is 20.0. The van der Waals surface area contributed by atoms with Gasteiger partial charge in [0.05, 0.1) is 11.9 Å². The number of alkyl halides is 3. The van der Waals surface area contributed by atoms with Crippen LogP contribution in [0, 0.1) is 12.8 Å². The van der Waals surface area contributed by atoms with E-state index in [1.54, 1.807) is 12.4 Å². The molecule has 3 heterocycles. The Morgan fingerprint density at radius 2 is 2.03 bits per heavy atom. The highest BCUT2D eigenvalue weighted by Gasteiger charge is 2.54. The first-order valence-corrected chi connectivity index (χ1v) is 10.2. The summed E-state index contributed by atoms with van der Waals surface area (Å²) in [5.74, 6) is -1.53. The van der Waals surface area contributed by atoms with E-state index in [2.05, 4.69) is 21.9 Å². The van der Waals surface area contributed by atoms with E-state index in [1.807, 2.05) is 26.0 Å².